The molecule has 6 nitrogen and oxygen atoms in total. The Kier molecular flexibility index (Phi) is 6.88. The van der Waals surface area contributed by atoms with Crippen molar-refractivity contribution in [2.45, 2.75) is 18.2 Å². The van der Waals surface area contributed by atoms with Crippen LogP contribution in [0, 0.1) is 0 Å². The van der Waals surface area contributed by atoms with Crippen LogP contribution >= 0.6 is 11.6 Å². The average molecular weight is 397 g/mol. The van der Waals surface area contributed by atoms with E-state index in [2.05, 4.69) is 5.32 Å². The van der Waals surface area contributed by atoms with Gasteiger partial charge in [-0.2, -0.15) is 0 Å². The second kappa shape index (κ2) is 8.91. The first-order valence-corrected chi connectivity index (χ1v) is 9.89. The third-order valence-corrected chi connectivity index (χ3v) is 5.66. The minimum Gasteiger partial charge on any atom is -0.497 e. The number of sulfonamides is 1. The molecular formula is C18H21ClN2O4S. The number of hydrogen-bond donors (Lipinski definition) is 1. The number of methoxy groups -OCH3 is 1. The van der Waals surface area contributed by atoms with Crippen molar-refractivity contribution in [2.24, 2.45) is 0 Å². The maximum absolute atomic E-state index is 13.1. The van der Waals surface area contributed by atoms with Gasteiger partial charge in [-0.05, 0) is 55.0 Å². The Balaban J connectivity index is 2.40. The molecule has 1 N–H and O–H groups in total. The molecule has 0 heterocycles. The number of carbonyl (C=O) groups is 1. The fourth-order valence-electron chi connectivity index (χ4n) is 2.25. The first-order chi connectivity index (χ1) is 12.4. The number of hydrogen-bond acceptors (Lipinski definition) is 4. The molecule has 26 heavy (non-hydrogen) atoms. The Labute approximate surface area is 158 Å². The Bertz CT molecular complexity index is 836. The van der Waals surface area contributed by atoms with Crippen molar-refractivity contribution in [3.63, 3.8) is 0 Å². The van der Waals surface area contributed by atoms with E-state index in [4.69, 9.17) is 16.3 Å². The van der Waals surface area contributed by atoms with Crippen LogP contribution in [-0.2, 0) is 14.8 Å². The number of benzene rings is 2. The summed E-state index contributed by atoms with van der Waals surface area (Å²) in [7, 11) is -2.44. The third kappa shape index (κ3) is 4.89. The molecule has 0 spiro atoms. The predicted octanol–water partition coefficient (Wildman–Crippen LogP) is 3.07. The molecule has 0 aliphatic carbocycles. The van der Waals surface area contributed by atoms with Gasteiger partial charge in [0.05, 0.1) is 17.7 Å². The van der Waals surface area contributed by atoms with Gasteiger partial charge in [0.1, 0.15) is 12.3 Å². The van der Waals surface area contributed by atoms with Gasteiger partial charge in [0.2, 0.25) is 5.91 Å². The molecular weight excluding hydrogens is 376 g/mol. The lowest BCUT2D eigenvalue weighted by Crippen LogP contribution is -2.41. The summed E-state index contributed by atoms with van der Waals surface area (Å²) < 4.78 is 32.3. The molecule has 2 aromatic carbocycles. The van der Waals surface area contributed by atoms with Crippen LogP contribution in [0.15, 0.2) is 53.4 Å². The molecule has 0 saturated carbocycles. The van der Waals surface area contributed by atoms with Gasteiger partial charge in [-0.15, -0.1) is 0 Å². The van der Waals surface area contributed by atoms with Crippen molar-refractivity contribution in [3.05, 3.63) is 53.6 Å². The number of amides is 1. The van der Waals surface area contributed by atoms with Gasteiger partial charge in [0.25, 0.3) is 10.0 Å². The normalized spacial score (nSPS) is 11.0. The van der Waals surface area contributed by atoms with Crippen molar-refractivity contribution in [2.75, 3.05) is 24.5 Å². The molecule has 1 amide bonds. The van der Waals surface area contributed by atoms with Crippen LogP contribution < -0.4 is 14.4 Å². The summed E-state index contributed by atoms with van der Waals surface area (Å²) in [5.41, 5.74) is 0.358. The van der Waals surface area contributed by atoms with Gasteiger partial charge in [-0.25, -0.2) is 8.42 Å². The molecule has 0 unspecified atom stereocenters. The van der Waals surface area contributed by atoms with Crippen LogP contribution in [0.5, 0.6) is 5.75 Å². The standard InChI is InChI=1S/C18H21ClN2O4S/c1-3-12-20-18(22)13-21(15-6-4-14(19)5-7-15)26(23,24)17-10-8-16(25-2)9-11-17/h4-11H,3,12-13H2,1-2H3,(H,20,22). The van der Waals surface area contributed by atoms with Crippen molar-refractivity contribution < 1.29 is 17.9 Å². The van der Waals surface area contributed by atoms with E-state index in [-0.39, 0.29) is 17.3 Å². The van der Waals surface area contributed by atoms with E-state index in [1.54, 1.807) is 36.4 Å². The maximum atomic E-state index is 13.1. The second-order valence-electron chi connectivity index (χ2n) is 5.51. The molecule has 0 fully saturated rings. The highest BCUT2D eigenvalue weighted by atomic mass is 35.5. The molecule has 0 saturated heterocycles. The van der Waals surface area contributed by atoms with Crippen LogP contribution in [0.4, 0.5) is 5.69 Å². The van der Waals surface area contributed by atoms with Gasteiger partial charge in [0, 0.05) is 11.6 Å². The first-order valence-electron chi connectivity index (χ1n) is 8.07. The van der Waals surface area contributed by atoms with E-state index >= 15 is 0 Å². The zero-order chi connectivity index (χ0) is 19.2. The fraction of sp³-hybridized carbons (Fsp3) is 0.278. The lowest BCUT2D eigenvalue weighted by atomic mass is 10.3. The van der Waals surface area contributed by atoms with E-state index in [1.807, 2.05) is 6.92 Å². The van der Waals surface area contributed by atoms with E-state index in [1.165, 1.54) is 19.2 Å². The predicted molar refractivity (Wildman–Crippen MR) is 102 cm³/mol. The number of rotatable bonds is 8. The first kappa shape index (κ1) is 20.1. The lowest BCUT2D eigenvalue weighted by Gasteiger charge is -2.24. The number of nitrogens with zero attached hydrogens (tertiary/aromatic N) is 1. The monoisotopic (exact) mass is 396 g/mol. The minimum absolute atomic E-state index is 0.0662. The molecule has 0 radical (unpaired) electrons. The summed E-state index contributed by atoms with van der Waals surface area (Å²) in [5.74, 6) is 0.168. The van der Waals surface area contributed by atoms with E-state index in [0.717, 1.165) is 10.7 Å². The summed E-state index contributed by atoms with van der Waals surface area (Å²) in [5, 5.41) is 3.17. The molecule has 0 atom stereocenters. The Morgan fingerprint density at radius 3 is 2.27 bits per heavy atom. The Hall–Kier alpha value is -2.25. The number of nitrogens with one attached hydrogen (secondary N) is 1. The van der Waals surface area contributed by atoms with Crippen LogP contribution in [-0.4, -0.2) is 34.5 Å². The summed E-state index contributed by atoms with van der Waals surface area (Å²) in [6.07, 6.45) is 0.762. The van der Waals surface area contributed by atoms with Gasteiger partial charge in [-0.1, -0.05) is 18.5 Å². The molecule has 140 valence electrons. The SMILES string of the molecule is CCCNC(=O)CN(c1ccc(Cl)cc1)S(=O)(=O)c1ccc(OC)cc1. The highest BCUT2D eigenvalue weighted by Crippen LogP contribution is 2.26. The molecule has 0 aliphatic heterocycles. The molecule has 0 aliphatic rings. The van der Waals surface area contributed by atoms with Gasteiger partial charge in [0.15, 0.2) is 0 Å². The molecule has 2 rings (SSSR count). The number of halogens is 1. The fourth-order valence-corrected chi connectivity index (χ4v) is 3.80. The molecule has 2 aromatic rings. The van der Waals surface area contributed by atoms with E-state index < -0.39 is 10.0 Å². The number of carbonyl (C=O) groups excluding carboxylic acids is 1. The number of ether oxygens (including phenoxy) is 1. The van der Waals surface area contributed by atoms with Gasteiger partial charge >= 0.3 is 0 Å². The largest absolute Gasteiger partial charge is 0.497 e. The quantitative estimate of drug-likeness (QED) is 0.744. The average Bonchev–Trinajstić information content (AvgIpc) is 2.65. The Morgan fingerprint density at radius 1 is 1.12 bits per heavy atom. The van der Waals surface area contributed by atoms with E-state index in [9.17, 15) is 13.2 Å². The smallest absolute Gasteiger partial charge is 0.264 e. The topological polar surface area (TPSA) is 75.7 Å². The van der Waals surface area contributed by atoms with Crippen LogP contribution in [0.2, 0.25) is 5.02 Å². The molecule has 0 bridgehead atoms. The summed E-state index contributed by atoms with van der Waals surface area (Å²) in [6, 6.07) is 12.3. The van der Waals surface area contributed by atoms with Crippen LogP contribution in [0.1, 0.15) is 13.3 Å². The van der Waals surface area contributed by atoms with Crippen molar-refractivity contribution in [3.8, 4) is 5.75 Å². The lowest BCUT2D eigenvalue weighted by molar-refractivity contribution is -0.119. The van der Waals surface area contributed by atoms with Gasteiger partial charge < -0.3 is 10.1 Å². The van der Waals surface area contributed by atoms with Gasteiger partial charge in [-0.3, -0.25) is 9.10 Å². The second-order valence-corrected chi connectivity index (χ2v) is 7.81. The summed E-state index contributed by atoms with van der Waals surface area (Å²) in [4.78, 5) is 12.2. The zero-order valence-corrected chi connectivity index (χ0v) is 16.2. The highest BCUT2D eigenvalue weighted by Gasteiger charge is 2.27. The molecule has 8 heteroatoms. The van der Waals surface area contributed by atoms with Crippen LogP contribution in [0.3, 0.4) is 0 Å². The minimum atomic E-state index is -3.94. The summed E-state index contributed by atoms with van der Waals surface area (Å²) >= 11 is 5.89. The van der Waals surface area contributed by atoms with Crippen molar-refractivity contribution in [1.82, 2.24) is 5.32 Å². The van der Waals surface area contributed by atoms with Crippen molar-refractivity contribution in [1.29, 1.82) is 0 Å². The highest BCUT2D eigenvalue weighted by molar-refractivity contribution is 7.92. The zero-order valence-electron chi connectivity index (χ0n) is 14.6. The maximum Gasteiger partial charge on any atom is 0.264 e. The van der Waals surface area contributed by atoms with E-state index in [0.29, 0.717) is 23.0 Å². The molecule has 0 aromatic heterocycles. The summed E-state index contributed by atoms with van der Waals surface area (Å²) in [6.45, 7) is 2.08. The number of anilines is 1. The van der Waals surface area contributed by atoms with Crippen LogP contribution in [0.25, 0.3) is 0 Å². The third-order valence-electron chi connectivity index (χ3n) is 3.62. The van der Waals surface area contributed by atoms with Crippen molar-refractivity contribution >= 4 is 33.2 Å². The Morgan fingerprint density at radius 2 is 1.73 bits per heavy atom.